The SMILES string of the molecule is O=C(CCCCC(=O)Nc1ccc(S(=O)(=O)Nc2ccccc2)cc1)Nc1ccc(S(=O)(=O)Nc2ccccc2)cc1. The Morgan fingerprint density at radius 2 is 0.786 bits per heavy atom. The van der Waals surface area contributed by atoms with E-state index in [0.29, 0.717) is 35.6 Å². The molecule has 0 heterocycles. The smallest absolute Gasteiger partial charge is 0.261 e. The number of amides is 2. The lowest BCUT2D eigenvalue weighted by Crippen LogP contribution is -2.15. The van der Waals surface area contributed by atoms with E-state index in [4.69, 9.17) is 0 Å². The third kappa shape index (κ3) is 8.91. The van der Waals surface area contributed by atoms with Crippen molar-refractivity contribution in [3.05, 3.63) is 109 Å². The largest absolute Gasteiger partial charge is 0.326 e. The Balaban J connectivity index is 1.17. The van der Waals surface area contributed by atoms with Gasteiger partial charge in [0.2, 0.25) is 11.8 Å². The number of carbonyl (C=O) groups is 2. The molecular formula is C30H30N4O6S2. The van der Waals surface area contributed by atoms with Crippen molar-refractivity contribution < 1.29 is 26.4 Å². The Morgan fingerprint density at radius 1 is 0.452 bits per heavy atom. The molecule has 0 fully saturated rings. The standard InChI is InChI=1S/C30H30N4O6S2/c35-29(31-23-15-19-27(20-16-23)41(37,38)33-25-9-3-1-4-10-25)13-7-8-14-30(36)32-24-17-21-28(22-18-24)42(39,40)34-26-11-5-2-6-12-26/h1-6,9-12,15-22,33-34H,7-8,13-14H2,(H,31,35)(H,32,36). The maximum absolute atomic E-state index is 12.5. The van der Waals surface area contributed by atoms with Crippen molar-refractivity contribution in [3.63, 3.8) is 0 Å². The maximum atomic E-state index is 12.5. The first-order chi connectivity index (χ1) is 20.1. The molecule has 0 aliphatic carbocycles. The lowest BCUT2D eigenvalue weighted by Gasteiger charge is -2.10. The number of benzene rings is 4. The van der Waals surface area contributed by atoms with Crippen LogP contribution in [0.15, 0.2) is 119 Å². The van der Waals surface area contributed by atoms with Gasteiger partial charge in [0.05, 0.1) is 9.79 Å². The van der Waals surface area contributed by atoms with Gasteiger partial charge >= 0.3 is 0 Å². The molecule has 2 amide bonds. The maximum Gasteiger partial charge on any atom is 0.261 e. The fourth-order valence-corrected chi connectivity index (χ4v) is 6.01. The number of carbonyl (C=O) groups excluding carboxylic acids is 2. The number of sulfonamides is 2. The summed E-state index contributed by atoms with van der Waals surface area (Å²) in [7, 11) is -7.52. The summed E-state index contributed by atoms with van der Waals surface area (Å²) in [6.45, 7) is 0. The number of anilines is 4. The molecule has 4 aromatic rings. The fourth-order valence-electron chi connectivity index (χ4n) is 3.89. The predicted molar refractivity (Wildman–Crippen MR) is 163 cm³/mol. The zero-order chi connectivity index (χ0) is 30.0. The van der Waals surface area contributed by atoms with Crippen molar-refractivity contribution in [2.24, 2.45) is 0 Å². The van der Waals surface area contributed by atoms with Gasteiger partial charge in [-0.2, -0.15) is 0 Å². The highest BCUT2D eigenvalue weighted by Crippen LogP contribution is 2.20. The van der Waals surface area contributed by atoms with Gasteiger partial charge in [0.15, 0.2) is 0 Å². The lowest BCUT2D eigenvalue weighted by molar-refractivity contribution is -0.118. The van der Waals surface area contributed by atoms with Crippen LogP contribution in [0.4, 0.5) is 22.7 Å². The van der Waals surface area contributed by atoms with Crippen molar-refractivity contribution in [3.8, 4) is 0 Å². The van der Waals surface area contributed by atoms with Crippen LogP contribution in [-0.4, -0.2) is 28.6 Å². The molecular weight excluding hydrogens is 576 g/mol. The van der Waals surface area contributed by atoms with E-state index in [1.54, 1.807) is 60.7 Å². The average Bonchev–Trinajstić information content (AvgIpc) is 2.96. The second-order valence-corrected chi connectivity index (χ2v) is 12.7. The van der Waals surface area contributed by atoms with Crippen LogP contribution in [0.3, 0.4) is 0 Å². The van der Waals surface area contributed by atoms with Gasteiger partial charge in [-0.05, 0) is 85.6 Å². The van der Waals surface area contributed by atoms with Crippen molar-refractivity contribution in [1.82, 2.24) is 0 Å². The second-order valence-electron chi connectivity index (χ2n) is 9.30. The Kier molecular flexibility index (Phi) is 9.94. The number of para-hydroxylation sites is 2. The van der Waals surface area contributed by atoms with Gasteiger partial charge in [0.1, 0.15) is 0 Å². The quantitative estimate of drug-likeness (QED) is 0.149. The minimum absolute atomic E-state index is 0.0653. The van der Waals surface area contributed by atoms with E-state index in [-0.39, 0.29) is 34.4 Å². The van der Waals surface area contributed by atoms with Crippen molar-refractivity contribution in [1.29, 1.82) is 0 Å². The van der Waals surface area contributed by atoms with Gasteiger partial charge in [-0.15, -0.1) is 0 Å². The van der Waals surface area contributed by atoms with E-state index < -0.39 is 20.0 Å². The molecule has 42 heavy (non-hydrogen) atoms. The van der Waals surface area contributed by atoms with Crippen LogP contribution in [0.2, 0.25) is 0 Å². The van der Waals surface area contributed by atoms with Gasteiger partial charge in [0, 0.05) is 35.6 Å². The highest BCUT2D eigenvalue weighted by Gasteiger charge is 2.15. The molecule has 0 unspecified atom stereocenters. The number of nitrogens with one attached hydrogen (secondary N) is 4. The van der Waals surface area contributed by atoms with E-state index in [0.717, 1.165) is 0 Å². The summed E-state index contributed by atoms with van der Waals surface area (Å²) in [5.41, 5.74) is 1.81. The van der Waals surface area contributed by atoms with Gasteiger partial charge in [-0.3, -0.25) is 19.0 Å². The minimum Gasteiger partial charge on any atom is -0.326 e. The van der Waals surface area contributed by atoms with Crippen LogP contribution in [0.1, 0.15) is 25.7 Å². The first-order valence-corrected chi connectivity index (χ1v) is 16.0. The minimum atomic E-state index is -3.76. The van der Waals surface area contributed by atoms with Crippen LogP contribution >= 0.6 is 0 Å². The highest BCUT2D eigenvalue weighted by molar-refractivity contribution is 7.93. The zero-order valence-electron chi connectivity index (χ0n) is 22.5. The Bertz CT molecular complexity index is 1580. The summed E-state index contributed by atoms with van der Waals surface area (Å²) in [5.74, 6) is -0.510. The monoisotopic (exact) mass is 606 g/mol. The van der Waals surface area contributed by atoms with Crippen LogP contribution < -0.4 is 20.1 Å². The molecule has 4 rings (SSSR count). The summed E-state index contributed by atoms with van der Waals surface area (Å²) < 4.78 is 55.1. The fraction of sp³-hybridized carbons (Fsp3) is 0.133. The number of hydrogen-bond acceptors (Lipinski definition) is 6. The van der Waals surface area contributed by atoms with E-state index in [2.05, 4.69) is 20.1 Å². The summed E-state index contributed by atoms with van der Waals surface area (Å²) >= 11 is 0. The zero-order valence-corrected chi connectivity index (χ0v) is 24.1. The molecule has 0 aliphatic rings. The van der Waals surface area contributed by atoms with Gasteiger partial charge in [0.25, 0.3) is 20.0 Å². The molecule has 0 saturated heterocycles. The molecule has 12 heteroatoms. The molecule has 0 bridgehead atoms. The molecule has 0 atom stereocenters. The molecule has 218 valence electrons. The van der Waals surface area contributed by atoms with Crippen LogP contribution in [0.5, 0.6) is 0 Å². The normalized spacial score (nSPS) is 11.3. The average molecular weight is 607 g/mol. The number of unbranched alkanes of at least 4 members (excludes halogenated alkanes) is 1. The van der Waals surface area contributed by atoms with Crippen LogP contribution in [0.25, 0.3) is 0 Å². The van der Waals surface area contributed by atoms with Gasteiger partial charge in [-0.1, -0.05) is 36.4 Å². The third-order valence-corrected chi connectivity index (χ3v) is 8.80. The number of rotatable bonds is 13. The lowest BCUT2D eigenvalue weighted by atomic mass is 10.1. The first kappa shape index (κ1) is 30.3. The van der Waals surface area contributed by atoms with Crippen molar-refractivity contribution in [2.75, 3.05) is 20.1 Å². The molecule has 0 radical (unpaired) electrons. The van der Waals surface area contributed by atoms with Crippen molar-refractivity contribution >= 4 is 54.6 Å². The molecule has 0 aliphatic heterocycles. The molecule has 4 N–H and O–H groups in total. The molecule has 0 spiro atoms. The topological polar surface area (TPSA) is 151 Å². The Hall–Kier alpha value is -4.68. The Morgan fingerprint density at radius 3 is 1.12 bits per heavy atom. The van der Waals surface area contributed by atoms with Gasteiger partial charge in [-0.25, -0.2) is 16.8 Å². The Labute approximate surface area is 245 Å². The molecule has 10 nitrogen and oxygen atoms in total. The number of hydrogen-bond donors (Lipinski definition) is 4. The van der Waals surface area contributed by atoms with E-state index >= 15 is 0 Å². The second kappa shape index (κ2) is 13.8. The first-order valence-electron chi connectivity index (χ1n) is 13.1. The predicted octanol–water partition coefficient (Wildman–Crippen LogP) is 5.43. The van der Waals surface area contributed by atoms with Crippen LogP contribution in [-0.2, 0) is 29.6 Å². The van der Waals surface area contributed by atoms with Crippen molar-refractivity contribution in [2.45, 2.75) is 35.5 Å². The summed E-state index contributed by atoms with van der Waals surface area (Å²) in [6.07, 6.45) is 1.30. The summed E-state index contributed by atoms with van der Waals surface area (Å²) in [4.78, 5) is 24.7. The molecule has 0 aromatic heterocycles. The highest BCUT2D eigenvalue weighted by atomic mass is 32.2. The summed E-state index contributed by atoms with van der Waals surface area (Å²) in [5, 5.41) is 5.44. The third-order valence-electron chi connectivity index (χ3n) is 6.01. The van der Waals surface area contributed by atoms with E-state index in [1.807, 2.05) is 0 Å². The molecule has 4 aromatic carbocycles. The van der Waals surface area contributed by atoms with E-state index in [1.165, 1.54) is 48.5 Å². The summed E-state index contributed by atoms with van der Waals surface area (Å²) in [6, 6.07) is 28.8. The van der Waals surface area contributed by atoms with Gasteiger partial charge < -0.3 is 10.6 Å². The molecule has 0 saturated carbocycles. The van der Waals surface area contributed by atoms with Crippen LogP contribution in [0, 0.1) is 0 Å². The van der Waals surface area contributed by atoms with E-state index in [9.17, 15) is 26.4 Å².